The van der Waals surface area contributed by atoms with E-state index >= 15 is 0 Å². The molecule has 1 saturated carbocycles. The number of rotatable bonds is 6. The average molecular weight is 343 g/mol. The summed E-state index contributed by atoms with van der Waals surface area (Å²) in [6.45, 7) is 3.80. The maximum absolute atomic E-state index is 12.8. The molecule has 2 aromatic rings. The van der Waals surface area contributed by atoms with Crippen LogP contribution >= 0.6 is 0 Å². The smallest absolute Gasteiger partial charge is 0.230 e. The highest BCUT2D eigenvalue weighted by Gasteiger charge is 2.51. The van der Waals surface area contributed by atoms with Gasteiger partial charge in [-0.15, -0.1) is 0 Å². The van der Waals surface area contributed by atoms with Crippen molar-refractivity contribution in [3.8, 4) is 5.75 Å². The number of aryl methyl sites for hydroxylation is 2. The van der Waals surface area contributed by atoms with Gasteiger partial charge >= 0.3 is 0 Å². The first-order valence-corrected chi connectivity index (χ1v) is 8.43. The molecule has 25 heavy (non-hydrogen) atoms. The van der Waals surface area contributed by atoms with Gasteiger partial charge in [-0.2, -0.15) is 5.10 Å². The van der Waals surface area contributed by atoms with Crippen molar-refractivity contribution in [2.24, 2.45) is 7.05 Å². The van der Waals surface area contributed by atoms with Crippen molar-refractivity contribution in [3.05, 3.63) is 47.3 Å². The number of hydrogen-bond acceptors (Lipinski definition) is 4. The highest BCUT2D eigenvalue weighted by Crippen LogP contribution is 2.49. The summed E-state index contributed by atoms with van der Waals surface area (Å²) in [7, 11) is 3.43. The fraction of sp³-hybridized carbons (Fsp3) is 0.474. The summed E-state index contributed by atoms with van der Waals surface area (Å²) in [6, 6.07) is 5.91. The lowest BCUT2D eigenvalue weighted by Gasteiger charge is -2.24. The standard InChI is InChI=1S/C19H25N3O3/c1-13-5-6-14(9-16(13)25-4)19(7-8-19)17(23)20-12-18(2,24)15-10-21-22(3)11-15/h5-6,9-11,24H,7-8,12H2,1-4H3,(H,20,23). The van der Waals surface area contributed by atoms with Crippen LogP contribution in [-0.2, 0) is 22.9 Å². The summed E-state index contributed by atoms with van der Waals surface area (Å²) < 4.78 is 7.01. The SMILES string of the molecule is COc1cc(C2(C(=O)NCC(C)(O)c3cnn(C)c3)CC2)ccc1C. The second-order valence-corrected chi connectivity index (χ2v) is 7.13. The zero-order valence-corrected chi connectivity index (χ0v) is 15.2. The minimum atomic E-state index is -1.16. The van der Waals surface area contributed by atoms with E-state index in [1.807, 2.05) is 25.1 Å². The number of aromatic nitrogens is 2. The number of nitrogens with zero attached hydrogens (tertiary/aromatic N) is 2. The van der Waals surface area contributed by atoms with Gasteiger partial charge < -0.3 is 15.2 Å². The number of carbonyl (C=O) groups excluding carboxylic acids is 1. The van der Waals surface area contributed by atoms with Gasteiger partial charge in [-0.1, -0.05) is 12.1 Å². The van der Waals surface area contributed by atoms with E-state index in [0.717, 1.165) is 29.7 Å². The summed E-state index contributed by atoms with van der Waals surface area (Å²) in [5.74, 6) is 0.738. The highest BCUT2D eigenvalue weighted by molar-refractivity contribution is 5.91. The van der Waals surface area contributed by atoms with Gasteiger partial charge in [0.05, 0.1) is 25.3 Å². The van der Waals surface area contributed by atoms with Gasteiger partial charge in [-0.05, 0) is 43.9 Å². The Morgan fingerprint density at radius 2 is 2.20 bits per heavy atom. The Balaban J connectivity index is 1.73. The zero-order valence-electron chi connectivity index (χ0n) is 15.2. The van der Waals surface area contributed by atoms with Gasteiger partial charge in [-0.3, -0.25) is 9.48 Å². The van der Waals surface area contributed by atoms with E-state index in [9.17, 15) is 9.90 Å². The Bertz CT molecular complexity index is 791. The molecule has 1 unspecified atom stereocenters. The van der Waals surface area contributed by atoms with Gasteiger partial charge in [0.1, 0.15) is 11.4 Å². The first-order chi connectivity index (χ1) is 11.8. The quantitative estimate of drug-likeness (QED) is 0.838. The molecule has 0 saturated heterocycles. The molecule has 0 radical (unpaired) electrons. The minimum absolute atomic E-state index is 0.0532. The maximum atomic E-state index is 12.8. The summed E-state index contributed by atoms with van der Waals surface area (Å²) in [5, 5.41) is 17.6. The van der Waals surface area contributed by atoms with Crippen LogP contribution in [0.2, 0.25) is 0 Å². The van der Waals surface area contributed by atoms with Crippen LogP contribution < -0.4 is 10.1 Å². The minimum Gasteiger partial charge on any atom is -0.496 e. The van der Waals surface area contributed by atoms with Crippen LogP contribution in [0.4, 0.5) is 0 Å². The van der Waals surface area contributed by atoms with E-state index in [4.69, 9.17) is 4.74 Å². The molecule has 6 nitrogen and oxygen atoms in total. The predicted molar refractivity (Wildman–Crippen MR) is 94.4 cm³/mol. The fourth-order valence-corrected chi connectivity index (χ4v) is 3.11. The molecule has 0 aliphatic heterocycles. The third-order valence-corrected chi connectivity index (χ3v) is 5.07. The second-order valence-electron chi connectivity index (χ2n) is 7.13. The molecule has 1 amide bonds. The summed E-state index contributed by atoms with van der Waals surface area (Å²) in [4.78, 5) is 12.8. The number of methoxy groups -OCH3 is 1. The Kier molecular flexibility index (Phi) is 4.33. The number of ether oxygens (including phenoxy) is 1. The van der Waals surface area contributed by atoms with Crippen molar-refractivity contribution in [1.82, 2.24) is 15.1 Å². The molecule has 1 atom stereocenters. The molecule has 134 valence electrons. The Morgan fingerprint density at radius 3 is 2.76 bits per heavy atom. The molecule has 1 fully saturated rings. The van der Waals surface area contributed by atoms with Crippen LogP contribution in [0, 0.1) is 6.92 Å². The molecule has 2 N–H and O–H groups in total. The number of nitrogens with one attached hydrogen (secondary N) is 1. The topological polar surface area (TPSA) is 76.4 Å². The van der Waals surface area contributed by atoms with Crippen LogP contribution in [0.15, 0.2) is 30.6 Å². The van der Waals surface area contributed by atoms with Crippen LogP contribution in [0.3, 0.4) is 0 Å². The van der Waals surface area contributed by atoms with Crippen molar-refractivity contribution >= 4 is 5.91 Å². The maximum Gasteiger partial charge on any atom is 0.230 e. The van der Waals surface area contributed by atoms with Crippen molar-refractivity contribution in [2.45, 2.75) is 37.7 Å². The monoisotopic (exact) mass is 343 g/mol. The molecule has 1 aromatic heterocycles. The molecule has 1 aliphatic rings. The third kappa shape index (κ3) is 3.26. The Labute approximate surface area is 147 Å². The van der Waals surface area contributed by atoms with Crippen LogP contribution in [0.25, 0.3) is 0 Å². The molecule has 0 bridgehead atoms. The average Bonchev–Trinajstić information content (AvgIpc) is 3.28. The molecule has 6 heteroatoms. The lowest BCUT2D eigenvalue weighted by Crippen LogP contribution is -2.43. The van der Waals surface area contributed by atoms with Gasteiger partial charge in [0.25, 0.3) is 0 Å². The van der Waals surface area contributed by atoms with Gasteiger partial charge in [0.15, 0.2) is 0 Å². The third-order valence-electron chi connectivity index (χ3n) is 5.07. The van der Waals surface area contributed by atoms with Gasteiger partial charge in [0, 0.05) is 18.8 Å². The molecule has 1 heterocycles. The fourth-order valence-electron chi connectivity index (χ4n) is 3.11. The number of carbonyl (C=O) groups is 1. The number of benzene rings is 1. The van der Waals surface area contributed by atoms with E-state index in [2.05, 4.69) is 10.4 Å². The lowest BCUT2D eigenvalue weighted by atomic mass is 9.92. The van der Waals surface area contributed by atoms with Crippen molar-refractivity contribution in [1.29, 1.82) is 0 Å². The normalized spacial score (nSPS) is 17.6. The zero-order chi connectivity index (χ0) is 18.2. The molecular formula is C19H25N3O3. The van der Waals surface area contributed by atoms with Crippen LogP contribution in [-0.4, -0.2) is 34.4 Å². The van der Waals surface area contributed by atoms with Gasteiger partial charge in [-0.25, -0.2) is 0 Å². The van der Waals surface area contributed by atoms with Crippen LogP contribution in [0.5, 0.6) is 5.75 Å². The first-order valence-electron chi connectivity index (χ1n) is 8.43. The predicted octanol–water partition coefficient (Wildman–Crippen LogP) is 1.79. The van der Waals surface area contributed by atoms with E-state index in [-0.39, 0.29) is 12.5 Å². The molecule has 1 aliphatic carbocycles. The second kappa shape index (κ2) is 6.19. The van der Waals surface area contributed by atoms with Crippen molar-refractivity contribution in [3.63, 3.8) is 0 Å². The van der Waals surface area contributed by atoms with E-state index in [1.54, 1.807) is 38.2 Å². The summed E-state index contributed by atoms with van der Waals surface area (Å²) in [5.41, 5.74) is 1.02. The summed E-state index contributed by atoms with van der Waals surface area (Å²) in [6.07, 6.45) is 4.98. The molecular weight excluding hydrogens is 318 g/mol. The number of hydrogen-bond donors (Lipinski definition) is 2. The lowest BCUT2D eigenvalue weighted by molar-refractivity contribution is -0.124. The first kappa shape index (κ1) is 17.5. The molecule has 3 rings (SSSR count). The highest BCUT2D eigenvalue weighted by atomic mass is 16.5. The van der Waals surface area contributed by atoms with Crippen molar-refractivity contribution in [2.75, 3.05) is 13.7 Å². The van der Waals surface area contributed by atoms with Gasteiger partial charge in [0.2, 0.25) is 5.91 Å². The summed E-state index contributed by atoms with van der Waals surface area (Å²) >= 11 is 0. The van der Waals surface area contributed by atoms with E-state index in [1.165, 1.54) is 0 Å². The van der Waals surface area contributed by atoms with E-state index < -0.39 is 11.0 Å². The number of aliphatic hydroxyl groups is 1. The number of amides is 1. The Morgan fingerprint density at radius 1 is 1.48 bits per heavy atom. The Hall–Kier alpha value is -2.34. The largest absolute Gasteiger partial charge is 0.496 e. The molecule has 1 aromatic carbocycles. The van der Waals surface area contributed by atoms with Crippen LogP contribution in [0.1, 0.15) is 36.5 Å². The van der Waals surface area contributed by atoms with Crippen molar-refractivity contribution < 1.29 is 14.6 Å². The van der Waals surface area contributed by atoms with E-state index in [0.29, 0.717) is 5.56 Å². The molecule has 0 spiro atoms.